The van der Waals surface area contributed by atoms with Gasteiger partial charge in [-0.15, -0.1) is 0 Å². The van der Waals surface area contributed by atoms with Crippen LogP contribution in [0.5, 0.6) is 0 Å². The van der Waals surface area contributed by atoms with Crippen LogP contribution in [-0.2, 0) is 6.54 Å². The van der Waals surface area contributed by atoms with Gasteiger partial charge in [0.2, 0.25) is 0 Å². The lowest BCUT2D eigenvalue weighted by Gasteiger charge is -2.08. The number of carbonyl (C=O) groups is 1. The molecule has 0 aliphatic carbocycles. The van der Waals surface area contributed by atoms with Gasteiger partial charge in [0, 0.05) is 42.8 Å². The normalized spacial score (nSPS) is 11.5. The molecule has 0 spiro atoms. The average molecular weight is 429 g/mol. The average Bonchev–Trinajstić information content (AvgIpc) is 3.21. The van der Waals surface area contributed by atoms with Crippen LogP contribution in [0.25, 0.3) is 21.9 Å². The number of hydrogen-bond acceptors (Lipinski definition) is 3. The summed E-state index contributed by atoms with van der Waals surface area (Å²) in [4.78, 5) is 17.4. The number of benzene rings is 3. The minimum Gasteiger partial charge on any atom is -0.392 e. The molecule has 0 radical (unpaired) electrons. The first kappa shape index (κ1) is 21.2. The third-order valence-electron chi connectivity index (χ3n) is 5.24. The van der Waals surface area contributed by atoms with Gasteiger partial charge in [-0.1, -0.05) is 42.5 Å². The van der Waals surface area contributed by atoms with Gasteiger partial charge in [0.1, 0.15) is 11.6 Å². The molecule has 0 saturated heterocycles. The maximum absolute atomic E-state index is 14.4. The van der Waals surface area contributed by atoms with Crippen molar-refractivity contribution in [2.45, 2.75) is 6.54 Å². The van der Waals surface area contributed by atoms with E-state index in [9.17, 15) is 13.6 Å². The summed E-state index contributed by atoms with van der Waals surface area (Å²) < 4.78 is 29.7. The molecule has 1 aromatic heterocycles. The quantitative estimate of drug-likeness (QED) is 0.308. The van der Waals surface area contributed by atoms with E-state index in [4.69, 9.17) is 0 Å². The molecule has 0 fully saturated rings. The molecule has 0 aliphatic heterocycles. The van der Waals surface area contributed by atoms with Crippen LogP contribution in [0.15, 0.2) is 89.9 Å². The van der Waals surface area contributed by atoms with Crippen molar-refractivity contribution in [3.63, 3.8) is 0 Å². The first-order valence-corrected chi connectivity index (χ1v) is 10.0. The largest absolute Gasteiger partial charge is 0.392 e. The molecule has 4 nitrogen and oxygen atoms in total. The highest BCUT2D eigenvalue weighted by Gasteiger charge is 2.22. The van der Waals surface area contributed by atoms with Crippen LogP contribution in [0.4, 0.5) is 8.78 Å². The summed E-state index contributed by atoms with van der Waals surface area (Å²) in [6.45, 7) is 3.95. The van der Waals surface area contributed by atoms with E-state index in [0.717, 1.165) is 28.5 Å². The number of carbonyl (C=O) groups excluding carboxylic acids is 1. The number of hydrogen-bond donors (Lipinski definition) is 1. The molecular formula is C26H21F2N3O. The van der Waals surface area contributed by atoms with Crippen molar-refractivity contribution in [2.75, 3.05) is 7.05 Å². The van der Waals surface area contributed by atoms with Gasteiger partial charge in [0.25, 0.3) is 0 Å². The van der Waals surface area contributed by atoms with Crippen LogP contribution >= 0.6 is 0 Å². The highest BCUT2D eigenvalue weighted by molar-refractivity contribution is 6.14. The highest BCUT2D eigenvalue weighted by atomic mass is 19.1. The van der Waals surface area contributed by atoms with Gasteiger partial charge in [-0.25, -0.2) is 8.78 Å². The van der Waals surface area contributed by atoms with Crippen molar-refractivity contribution < 1.29 is 13.6 Å². The molecule has 0 unspecified atom stereocenters. The second kappa shape index (κ2) is 8.98. The lowest BCUT2D eigenvalue weighted by Crippen LogP contribution is -2.06. The van der Waals surface area contributed by atoms with Gasteiger partial charge in [-0.05, 0) is 35.2 Å². The zero-order valence-electron chi connectivity index (χ0n) is 17.5. The fraction of sp³-hybridized carbons (Fsp3) is 0.0769. The molecule has 0 amide bonds. The number of fused-ring (bicyclic) bond motifs is 1. The number of nitrogens with zero attached hydrogens (tertiary/aromatic N) is 2. The topological polar surface area (TPSA) is 46.4 Å². The Hall–Kier alpha value is -4.06. The van der Waals surface area contributed by atoms with Crippen LogP contribution in [-0.4, -0.2) is 24.1 Å². The third-order valence-corrected chi connectivity index (χ3v) is 5.24. The highest BCUT2D eigenvalue weighted by Crippen LogP contribution is 2.33. The van der Waals surface area contributed by atoms with E-state index >= 15 is 0 Å². The number of nitrogens with one attached hydrogen (secondary N) is 1. The monoisotopic (exact) mass is 429 g/mol. The molecule has 4 aromatic rings. The van der Waals surface area contributed by atoms with Crippen molar-refractivity contribution in [1.82, 2.24) is 9.88 Å². The van der Waals surface area contributed by atoms with E-state index in [-0.39, 0.29) is 5.56 Å². The summed E-state index contributed by atoms with van der Waals surface area (Å²) in [5, 5.41) is 4.90. The third kappa shape index (κ3) is 4.07. The van der Waals surface area contributed by atoms with Gasteiger partial charge in [-0.2, -0.15) is 0 Å². The van der Waals surface area contributed by atoms with Crippen molar-refractivity contribution >= 4 is 23.3 Å². The Morgan fingerprint density at radius 3 is 2.56 bits per heavy atom. The smallest absolute Gasteiger partial charge is 0.198 e. The molecule has 0 aliphatic rings. The number of ketones is 1. The predicted molar refractivity (Wildman–Crippen MR) is 124 cm³/mol. The molecule has 3 aromatic carbocycles. The van der Waals surface area contributed by atoms with Crippen molar-refractivity contribution in [3.05, 3.63) is 108 Å². The van der Waals surface area contributed by atoms with Crippen LogP contribution < -0.4 is 5.32 Å². The van der Waals surface area contributed by atoms with E-state index in [1.165, 1.54) is 6.07 Å². The number of rotatable bonds is 7. The molecule has 0 saturated carbocycles. The molecule has 1 N–H and O–H groups in total. The van der Waals surface area contributed by atoms with Crippen LogP contribution in [0, 0.1) is 11.6 Å². The Morgan fingerprint density at radius 2 is 1.81 bits per heavy atom. The predicted octanol–water partition coefficient (Wildman–Crippen LogP) is 5.58. The molecule has 32 heavy (non-hydrogen) atoms. The second-order valence-electron chi connectivity index (χ2n) is 7.32. The summed E-state index contributed by atoms with van der Waals surface area (Å²) >= 11 is 0. The maximum atomic E-state index is 14.4. The van der Waals surface area contributed by atoms with E-state index in [1.807, 2.05) is 53.2 Å². The molecular weight excluding hydrogens is 408 g/mol. The van der Waals surface area contributed by atoms with Gasteiger partial charge < -0.3 is 9.88 Å². The van der Waals surface area contributed by atoms with E-state index in [0.29, 0.717) is 23.4 Å². The van der Waals surface area contributed by atoms with Crippen LogP contribution in [0.1, 0.15) is 15.9 Å². The molecule has 160 valence electrons. The number of allylic oxidation sites excluding steroid dienone is 1. The Balaban J connectivity index is 1.90. The zero-order valence-corrected chi connectivity index (χ0v) is 17.5. The van der Waals surface area contributed by atoms with Crippen molar-refractivity contribution in [1.29, 1.82) is 0 Å². The molecule has 4 rings (SSSR count). The lowest BCUT2D eigenvalue weighted by atomic mass is 9.94. The van der Waals surface area contributed by atoms with Gasteiger partial charge >= 0.3 is 0 Å². The van der Waals surface area contributed by atoms with E-state index in [2.05, 4.69) is 17.0 Å². The summed E-state index contributed by atoms with van der Waals surface area (Å²) in [6, 6.07) is 16.7. The first-order chi connectivity index (χ1) is 15.5. The minimum absolute atomic E-state index is 0.182. The number of halogens is 2. The maximum Gasteiger partial charge on any atom is 0.198 e. The Morgan fingerprint density at radius 1 is 1.03 bits per heavy atom. The van der Waals surface area contributed by atoms with Gasteiger partial charge in [-0.3, -0.25) is 9.79 Å². The summed E-state index contributed by atoms with van der Waals surface area (Å²) in [6.07, 6.45) is 5.22. The fourth-order valence-electron chi connectivity index (χ4n) is 3.77. The van der Waals surface area contributed by atoms with E-state index < -0.39 is 17.4 Å². The Bertz CT molecular complexity index is 1350. The van der Waals surface area contributed by atoms with Crippen LogP contribution in [0.3, 0.4) is 0 Å². The Labute approximate surface area is 184 Å². The molecule has 0 atom stereocenters. The number of aliphatic imine (C=N–C) groups is 1. The second-order valence-corrected chi connectivity index (χ2v) is 7.32. The van der Waals surface area contributed by atoms with Crippen molar-refractivity contribution in [2.24, 2.45) is 4.99 Å². The van der Waals surface area contributed by atoms with Crippen molar-refractivity contribution in [3.8, 4) is 11.1 Å². The van der Waals surface area contributed by atoms with Gasteiger partial charge in [0.05, 0.1) is 17.8 Å². The summed E-state index contributed by atoms with van der Waals surface area (Å²) in [7, 11) is 1.76. The lowest BCUT2D eigenvalue weighted by molar-refractivity contribution is 0.103. The first-order valence-electron chi connectivity index (χ1n) is 10.0. The SMILES string of the molecule is C=N/C(=C\NC)Cn1cc(C(=O)c2ccc(F)cc2F)c(-c2cccc3ccccc23)c1. The standard InChI is InChI=1S/C26H21F2N3O/c1-29-13-19(30-2)14-31-15-23(21-9-5-7-17-6-3-4-8-20(17)21)24(16-31)26(32)22-11-10-18(27)12-25(22)28/h3-13,15-16,29H,2,14H2,1H3/b19-13-. The fourth-order valence-corrected chi connectivity index (χ4v) is 3.77. The molecule has 1 heterocycles. The van der Waals surface area contributed by atoms with Gasteiger partial charge in [0.15, 0.2) is 5.78 Å². The minimum atomic E-state index is -0.893. The molecule has 0 bridgehead atoms. The molecule has 6 heteroatoms. The zero-order chi connectivity index (χ0) is 22.7. The summed E-state index contributed by atoms with van der Waals surface area (Å²) in [5.41, 5.74) is 2.30. The Kier molecular flexibility index (Phi) is 5.94. The van der Waals surface area contributed by atoms with E-state index in [1.54, 1.807) is 19.4 Å². The number of aromatic nitrogens is 1. The summed E-state index contributed by atoms with van der Waals surface area (Å²) in [5.74, 6) is -2.14. The van der Waals surface area contributed by atoms with Crippen LogP contribution in [0.2, 0.25) is 0 Å².